The number of nitrogens with zero attached hydrogens (tertiary/aromatic N) is 4. The van der Waals surface area contributed by atoms with Crippen molar-refractivity contribution in [1.82, 2.24) is 14.5 Å². The minimum Gasteiger partial charge on any atom is -1.00 e. The summed E-state index contributed by atoms with van der Waals surface area (Å²) in [6.07, 6.45) is 12.4. The second-order valence-electron chi connectivity index (χ2n) is 5.78. The van der Waals surface area contributed by atoms with Crippen molar-refractivity contribution < 1.29 is 21.5 Å². The van der Waals surface area contributed by atoms with Crippen LogP contribution in [-0.2, 0) is 6.54 Å². The molecule has 0 atom stereocenters. The van der Waals surface area contributed by atoms with Crippen LogP contribution in [0.5, 0.6) is 0 Å². The molecule has 0 aliphatic heterocycles. The van der Waals surface area contributed by atoms with Crippen molar-refractivity contribution in [2.24, 2.45) is 0 Å². The lowest BCUT2D eigenvalue weighted by Gasteiger charge is -2.06. The van der Waals surface area contributed by atoms with Crippen LogP contribution in [0.25, 0.3) is 27.5 Å². The fraction of sp³-hybridized carbons (Fsp3) is 0.211. The molecule has 3 aromatic heterocycles. The first-order valence-corrected chi connectivity index (χ1v) is 8.06. The smallest absolute Gasteiger partial charge is 0.248 e. The molecule has 0 saturated heterocycles. The van der Waals surface area contributed by atoms with E-state index in [0.29, 0.717) is 0 Å². The first-order chi connectivity index (χ1) is 11.4. The average Bonchev–Trinajstić information content (AvgIpc) is 3.08. The van der Waals surface area contributed by atoms with Gasteiger partial charge in [-0.1, -0.05) is 19.4 Å². The highest BCUT2D eigenvalue weighted by atomic mass is 79.9. The molecule has 0 radical (unpaired) electrons. The summed E-state index contributed by atoms with van der Waals surface area (Å²) in [5.41, 5.74) is 3.05. The van der Waals surface area contributed by atoms with E-state index in [1.165, 1.54) is 12.8 Å². The van der Waals surface area contributed by atoms with Crippen molar-refractivity contribution in [1.29, 1.82) is 0 Å². The van der Waals surface area contributed by atoms with Gasteiger partial charge in [0, 0.05) is 23.2 Å². The van der Waals surface area contributed by atoms with Crippen LogP contribution >= 0.6 is 0 Å². The first-order valence-electron chi connectivity index (χ1n) is 8.06. The minimum absolute atomic E-state index is 0. The van der Waals surface area contributed by atoms with E-state index in [0.717, 1.165) is 34.0 Å². The number of pyridine rings is 2. The molecular formula is C19H19BrN4. The number of benzene rings is 1. The Morgan fingerprint density at radius 1 is 1.08 bits per heavy atom. The third kappa shape index (κ3) is 2.91. The van der Waals surface area contributed by atoms with Crippen LogP contribution in [0.15, 0.2) is 61.4 Å². The molecule has 122 valence electrons. The molecule has 0 aliphatic carbocycles. The number of unbranched alkanes of at least 4 members (excludes halogenated alkanes) is 1. The van der Waals surface area contributed by atoms with E-state index >= 15 is 0 Å². The Kier molecular flexibility index (Phi) is 4.90. The maximum Gasteiger partial charge on any atom is 0.248 e. The molecule has 0 bridgehead atoms. The molecule has 4 rings (SSSR count). The van der Waals surface area contributed by atoms with Crippen molar-refractivity contribution in [2.45, 2.75) is 26.3 Å². The Morgan fingerprint density at radius 2 is 1.88 bits per heavy atom. The number of halogens is 1. The van der Waals surface area contributed by atoms with Gasteiger partial charge in [-0.15, -0.1) is 0 Å². The lowest BCUT2D eigenvalue weighted by Crippen LogP contribution is -3.00. The zero-order chi connectivity index (χ0) is 15.6. The quantitative estimate of drug-likeness (QED) is 0.384. The number of rotatable bonds is 4. The lowest BCUT2D eigenvalue weighted by molar-refractivity contribution is -0.696. The van der Waals surface area contributed by atoms with Crippen molar-refractivity contribution in [2.75, 3.05) is 0 Å². The summed E-state index contributed by atoms with van der Waals surface area (Å²) in [5.74, 6) is 0. The Bertz CT molecular complexity index is 977. The van der Waals surface area contributed by atoms with Gasteiger partial charge in [-0.25, -0.2) is 9.13 Å². The summed E-state index contributed by atoms with van der Waals surface area (Å²) in [7, 11) is 0. The van der Waals surface area contributed by atoms with E-state index in [1.807, 2.05) is 24.5 Å². The van der Waals surface area contributed by atoms with Gasteiger partial charge >= 0.3 is 0 Å². The number of fused-ring (bicyclic) bond motifs is 3. The third-order valence-electron chi connectivity index (χ3n) is 4.18. The molecule has 0 aliphatic rings. The van der Waals surface area contributed by atoms with E-state index in [4.69, 9.17) is 0 Å². The zero-order valence-electron chi connectivity index (χ0n) is 13.6. The second kappa shape index (κ2) is 7.09. The van der Waals surface area contributed by atoms with Crippen LogP contribution in [0.1, 0.15) is 19.8 Å². The van der Waals surface area contributed by atoms with Gasteiger partial charge in [-0.3, -0.25) is 9.97 Å². The molecule has 24 heavy (non-hydrogen) atoms. The molecule has 4 nitrogen and oxygen atoms in total. The molecule has 5 heteroatoms. The number of hydrogen-bond donors (Lipinski definition) is 0. The number of hydrogen-bond acceptors (Lipinski definition) is 2. The Hall–Kier alpha value is -2.27. The van der Waals surface area contributed by atoms with E-state index in [2.05, 4.69) is 62.9 Å². The largest absolute Gasteiger partial charge is 1.00 e. The Balaban J connectivity index is 0.00000169. The monoisotopic (exact) mass is 382 g/mol. The highest BCUT2D eigenvalue weighted by molar-refractivity contribution is 6.06. The van der Waals surface area contributed by atoms with Gasteiger partial charge in [-0.05, 0) is 30.7 Å². The molecular weight excluding hydrogens is 364 g/mol. The molecule has 0 spiro atoms. The molecule has 1 aromatic carbocycles. The summed E-state index contributed by atoms with van der Waals surface area (Å²) in [5, 5.41) is 2.24. The topological polar surface area (TPSA) is 34.6 Å². The maximum atomic E-state index is 4.57. The Morgan fingerprint density at radius 3 is 2.71 bits per heavy atom. The van der Waals surface area contributed by atoms with Gasteiger partial charge in [0.25, 0.3) is 0 Å². The fourth-order valence-corrected chi connectivity index (χ4v) is 2.98. The summed E-state index contributed by atoms with van der Waals surface area (Å²) < 4.78 is 4.41. The predicted octanol–water partition coefficient (Wildman–Crippen LogP) is 0.665. The van der Waals surface area contributed by atoms with E-state index < -0.39 is 0 Å². The van der Waals surface area contributed by atoms with Gasteiger partial charge < -0.3 is 17.0 Å². The standard InChI is InChI=1S/C19H19N4.BrH/c1-2-3-10-22-11-12-23(14-22)17-13-15-6-4-8-20-18(15)19-16(17)7-5-9-21-19;/h4-9,11-14H,2-3,10H2,1H3;1H/q+1;/p-1. The number of aryl methyl sites for hydroxylation is 1. The van der Waals surface area contributed by atoms with Crippen LogP contribution in [-0.4, -0.2) is 14.5 Å². The minimum atomic E-state index is 0. The summed E-state index contributed by atoms with van der Waals surface area (Å²) in [4.78, 5) is 9.08. The molecule has 0 N–H and O–H groups in total. The molecule has 0 saturated carbocycles. The van der Waals surface area contributed by atoms with Gasteiger partial charge in [0.05, 0.1) is 12.1 Å². The molecule has 3 heterocycles. The first kappa shape index (κ1) is 16.6. The predicted molar refractivity (Wildman–Crippen MR) is 91.5 cm³/mol. The van der Waals surface area contributed by atoms with E-state index in [1.54, 1.807) is 0 Å². The van der Waals surface area contributed by atoms with Gasteiger partial charge in [0.2, 0.25) is 6.33 Å². The van der Waals surface area contributed by atoms with Crippen LogP contribution in [0.2, 0.25) is 0 Å². The van der Waals surface area contributed by atoms with E-state index in [-0.39, 0.29) is 17.0 Å². The molecule has 0 unspecified atom stereocenters. The maximum absolute atomic E-state index is 4.57. The third-order valence-corrected chi connectivity index (χ3v) is 4.18. The summed E-state index contributed by atoms with van der Waals surface area (Å²) in [6, 6.07) is 10.3. The van der Waals surface area contributed by atoms with Crippen molar-refractivity contribution in [3.63, 3.8) is 0 Å². The van der Waals surface area contributed by atoms with Crippen LogP contribution in [0.3, 0.4) is 0 Å². The van der Waals surface area contributed by atoms with Crippen LogP contribution in [0.4, 0.5) is 0 Å². The Labute approximate surface area is 151 Å². The molecule has 0 fully saturated rings. The highest BCUT2D eigenvalue weighted by Crippen LogP contribution is 2.27. The normalized spacial score (nSPS) is 10.9. The average molecular weight is 383 g/mol. The number of imidazole rings is 1. The SMILES string of the molecule is CCCC[n+]1ccn(-c2cc3cccnc3c3ncccc23)c1.[Br-]. The number of aromatic nitrogens is 4. The summed E-state index contributed by atoms with van der Waals surface area (Å²) >= 11 is 0. The van der Waals surface area contributed by atoms with Crippen LogP contribution in [0, 0.1) is 0 Å². The van der Waals surface area contributed by atoms with E-state index in [9.17, 15) is 0 Å². The van der Waals surface area contributed by atoms with Crippen LogP contribution < -0.4 is 21.5 Å². The fourth-order valence-electron chi connectivity index (χ4n) is 2.98. The molecule has 0 amide bonds. The molecule has 4 aromatic rings. The van der Waals surface area contributed by atoms with Gasteiger partial charge in [0.15, 0.2) is 0 Å². The second-order valence-corrected chi connectivity index (χ2v) is 5.78. The highest BCUT2D eigenvalue weighted by Gasteiger charge is 2.14. The zero-order valence-corrected chi connectivity index (χ0v) is 15.1. The lowest BCUT2D eigenvalue weighted by atomic mass is 10.1. The van der Waals surface area contributed by atoms with Gasteiger partial charge in [0.1, 0.15) is 23.6 Å². The van der Waals surface area contributed by atoms with Crippen molar-refractivity contribution in [3.05, 3.63) is 61.4 Å². The van der Waals surface area contributed by atoms with Gasteiger partial charge in [-0.2, -0.15) is 0 Å². The summed E-state index contributed by atoms with van der Waals surface area (Å²) in [6.45, 7) is 3.27. The van der Waals surface area contributed by atoms with Crippen molar-refractivity contribution >= 4 is 21.8 Å². The van der Waals surface area contributed by atoms with Crippen molar-refractivity contribution in [3.8, 4) is 5.69 Å².